The number of tetrazole rings is 1. The van der Waals surface area contributed by atoms with Gasteiger partial charge in [0, 0.05) is 38.1 Å². The molecule has 0 bridgehead atoms. The van der Waals surface area contributed by atoms with Crippen molar-refractivity contribution in [2.75, 3.05) is 32.8 Å². The van der Waals surface area contributed by atoms with Crippen LogP contribution in [0.4, 0.5) is 0 Å². The zero-order valence-electron chi connectivity index (χ0n) is 16.2. The largest absolute Gasteiger partial charge is 0.396 e. The summed E-state index contributed by atoms with van der Waals surface area (Å²) in [5, 5.41) is 21.1. The summed E-state index contributed by atoms with van der Waals surface area (Å²) in [5.74, 6) is 0.344. The fraction of sp³-hybridized carbons (Fsp3) is 0.895. The van der Waals surface area contributed by atoms with Gasteiger partial charge in [-0.25, -0.2) is 4.68 Å². The minimum absolute atomic E-state index is 0.141. The fourth-order valence-electron chi connectivity index (χ4n) is 5.50. The summed E-state index contributed by atoms with van der Waals surface area (Å²) in [4.78, 5) is 17.2. The van der Waals surface area contributed by atoms with E-state index in [1.165, 1.54) is 44.9 Å². The molecule has 8 heteroatoms. The maximum atomic E-state index is 12.6. The number of nitrogens with zero attached hydrogens (tertiary/aromatic N) is 6. The van der Waals surface area contributed by atoms with E-state index in [4.69, 9.17) is 0 Å². The average molecular weight is 377 g/mol. The lowest BCUT2D eigenvalue weighted by Gasteiger charge is -2.52. The first-order chi connectivity index (χ1) is 13.2. The molecule has 1 aromatic heterocycles. The first-order valence-corrected chi connectivity index (χ1v) is 10.5. The maximum Gasteiger partial charge on any atom is 0.224 e. The number of amides is 1. The standard InChI is InChI=1S/C19H32N6O2/c26-14-16-13-24(18(27)5-9-25-15-20-21-22-25)12-8-19(16)6-10-23(11-7-19)17-3-1-2-4-17/h15-17,26H,1-14H2. The Labute approximate surface area is 160 Å². The Morgan fingerprint density at radius 1 is 1.15 bits per heavy atom. The van der Waals surface area contributed by atoms with Crippen LogP contribution in [0.5, 0.6) is 0 Å². The Morgan fingerprint density at radius 3 is 2.56 bits per heavy atom. The van der Waals surface area contributed by atoms with Crippen molar-refractivity contribution in [3.8, 4) is 0 Å². The van der Waals surface area contributed by atoms with Crippen molar-refractivity contribution in [2.24, 2.45) is 11.3 Å². The molecule has 4 rings (SSSR count). The van der Waals surface area contributed by atoms with E-state index < -0.39 is 0 Å². The molecule has 150 valence electrons. The predicted octanol–water partition coefficient (Wildman–Crippen LogP) is 0.929. The molecule has 3 fully saturated rings. The Hall–Kier alpha value is -1.54. The van der Waals surface area contributed by atoms with Crippen LogP contribution in [-0.2, 0) is 11.3 Å². The van der Waals surface area contributed by atoms with E-state index >= 15 is 0 Å². The van der Waals surface area contributed by atoms with Crippen LogP contribution in [0.3, 0.4) is 0 Å². The van der Waals surface area contributed by atoms with Gasteiger partial charge in [-0.1, -0.05) is 12.8 Å². The molecule has 0 radical (unpaired) electrons. The van der Waals surface area contributed by atoms with Crippen LogP contribution in [0.1, 0.15) is 51.4 Å². The van der Waals surface area contributed by atoms with Gasteiger partial charge >= 0.3 is 0 Å². The molecule has 1 aliphatic carbocycles. The van der Waals surface area contributed by atoms with Crippen molar-refractivity contribution in [1.29, 1.82) is 0 Å². The SMILES string of the molecule is O=C(CCn1cnnn1)N1CCC2(CCN(C3CCCC3)CC2)C(CO)C1. The van der Waals surface area contributed by atoms with Gasteiger partial charge in [0.25, 0.3) is 0 Å². The molecule has 3 heterocycles. The highest BCUT2D eigenvalue weighted by Crippen LogP contribution is 2.46. The molecule has 1 spiro atoms. The van der Waals surface area contributed by atoms with Gasteiger partial charge in [0.1, 0.15) is 6.33 Å². The minimum atomic E-state index is 0.141. The molecular weight excluding hydrogens is 344 g/mol. The normalized spacial score (nSPS) is 26.7. The second kappa shape index (κ2) is 8.22. The highest BCUT2D eigenvalue weighted by molar-refractivity contribution is 5.76. The lowest BCUT2D eigenvalue weighted by molar-refractivity contribution is -0.138. The fourth-order valence-corrected chi connectivity index (χ4v) is 5.50. The number of carbonyl (C=O) groups excluding carboxylic acids is 1. The molecule has 1 aromatic rings. The van der Waals surface area contributed by atoms with Crippen LogP contribution < -0.4 is 0 Å². The topological polar surface area (TPSA) is 87.4 Å². The van der Waals surface area contributed by atoms with Gasteiger partial charge in [0.05, 0.1) is 6.54 Å². The highest BCUT2D eigenvalue weighted by atomic mass is 16.3. The van der Waals surface area contributed by atoms with Crippen molar-refractivity contribution in [2.45, 2.75) is 64.0 Å². The van der Waals surface area contributed by atoms with Crippen molar-refractivity contribution >= 4 is 5.91 Å². The second-order valence-electron chi connectivity index (χ2n) is 8.63. The third kappa shape index (κ3) is 4.01. The number of piperidine rings is 2. The Morgan fingerprint density at radius 2 is 1.89 bits per heavy atom. The van der Waals surface area contributed by atoms with Gasteiger partial charge in [-0.3, -0.25) is 4.79 Å². The van der Waals surface area contributed by atoms with E-state index in [0.29, 0.717) is 19.5 Å². The predicted molar refractivity (Wildman–Crippen MR) is 99.7 cm³/mol. The number of hydrogen-bond donors (Lipinski definition) is 1. The number of aromatic nitrogens is 4. The lowest BCUT2D eigenvalue weighted by atomic mass is 9.64. The van der Waals surface area contributed by atoms with Gasteiger partial charge in [0.2, 0.25) is 5.91 Å². The number of likely N-dealkylation sites (tertiary alicyclic amines) is 2. The summed E-state index contributed by atoms with van der Waals surface area (Å²) in [5.41, 5.74) is 0.219. The van der Waals surface area contributed by atoms with Crippen LogP contribution in [-0.4, -0.2) is 79.8 Å². The van der Waals surface area contributed by atoms with Crippen LogP contribution in [0.25, 0.3) is 0 Å². The molecule has 27 heavy (non-hydrogen) atoms. The van der Waals surface area contributed by atoms with Crippen LogP contribution in [0.2, 0.25) is 0 Å². The van der Waals surface area contributed by atoms with Crippen molar-refractivity contribution < 1.29 is 9.90 Å². The maximum absolute atomic E-state index is 12.6. The Balaban J connectivity index is 1.31. The van der Waals surface area contributed by atoms with E-state index in [1.54, 1.807) is 4.68 Å². The number of carbonyl (C=O) groups is 1. The minimum Gasteiger partial charge on any atom is -0.396 e. The van der Waals surface area contributed by atoms with E-state index in [2.05, 4.69) is 20.4 Å². The third-order valence-corrected chi connectivity index (χ3v) is 7.34. The smallest absolute Gasteiger partial charge is 0.224 e. The molecule has 8 nitrogen and oxygen atoms in total. The molecule has 1 saturated carbocycles. The van der Waals surface area contributed by atoms with Gasteiger partial charge in [-0.15, -0.1) is 5.10 Å². The number of rotatable bonds is 5. The van der Waals surface area contributed by atoms with E-state index in [1.807, 2.05) is 4.90 Å². The molecule has 1 atom stereocenters. The first kappa shape index (κ1) is 18.8. The monoisotopic (exact) mass is 376 g/mol. The third-order valence-electron chi connectivity index (χ3n) is 7.34. The van der Waals surface area contributed by atoms with Crippen molar-refractivity contribution in [1.82, 2.24) is 30.0 Å². The van der Waals surface area contributed by atoms with Gasteiger partial charge in [-0.05, 0) is 61.0 Å². The molecule has 3 aliphatic rings. The van der Waals surface area contributed by atoms with Crippen LogP contribution in [0.15, 0.2) is 6.33 Å². The summed E-state index contributed by atoms with van der Waals surface area (Å²) in [6.45, 7) is 4.51. The summed E-state index contributed by atoms with van der Waals surface area (Å²) in [7, 11) is 0. The number of aliphatic hydroxyl groups is 1. The molecule has 1 unspecified atom stereocenters. The lowest BCUT2D eigenvalue weighted by Crippen LogP contribution is -2.55. The highest BCUT2D eigenvalue weighted by Gasteiger charge is 2.46. The van der Waals surface area contributed by atoms with Crippen LogP contribution in [0, 0.1) is 11.3 Å². The summed E-state index contributed by atoms with van der Waals surface area (Å²) in [6.07, 6.45) is 10.8. The molecule has 2 aliphatic heterocycles. The quantitative estimate of drug-likeness (QED) is 0.823. The zero-order chi connectivity index (χ0) is 18.7. The first-order valence-electron chi connectivity index (χ1n) is 10.5. The van der Waals surface area contributed by atoms with Gasteiger partial charge in [-0.2, -0.15) is 0 Å². The van der Waals surface area contributed by atoms with E-state index in [9.17, 15) is 9.90 Å². The number of aliphatic hydroxyl groups excluding tert-OH is 1. The molecular formula is C19H32N6O2. The molecule has 1 N–H and O–H groups in total. The summed E-state index contributed by atoms with van der Waals surface area (Å²) < 4.78 is 1.59. The Kier molecular flexibility index (Phi) is 5.73. The molecule has 1 amide bonds. The Bertz CT molecular complexity index is 608. The van der Waals surface area contributed by atoms with Gasteiger partial charge < -0.3 is 14.9 Å². The summed E-state index contributed by atoms with van der Waals surface area (Å²) >= 11 is 0. The number of aryl methyl sites for hydroxylation is 1. The summed E-state index contributed by atoms with van der Waals surface area (Å²) in [6, 6.07) is 0.794. The second-order valence-corrected chi connectivity index (χ2v) is 8.63. The molecule has 2 saturated heterocycles. The zero-order valence-corrected chi connectivity index (χ0v) is 16.2. The molecule has 0 aromatic carbocycles. The van der Waals surface area contributed by atoms with Crippen molar-refractivity contribution in [3.63, 3.8) is 0 Å². The van der Waals surface area contributed by atoms with Crippen molar-refractivity contribution in [3.05, 3.63) is 6.33 Å². The van der Waals surface area contributed by atoms with E-state index in [0.717, 1.165) is 32.1 Å². The van der Waals surface area contributed by atoms with Gasteiger partial charge in [0.15, 0.2) is 0 Å². The van der Waals surface area contributed by atoms with Crippen LogP contribution >= 0.6 is 0 Å². The van der Waals surface area contributed by atoms with E-state index in [-0.39, 0.29) is 23.8 Å². The number of hydrogen-bond acceptors (Lipinski definition) is 6. The average Bonchev–Trinajstić information content (AvgIpc) is 3.41.